The lowest BCUT2D eigenvalue weighted by Gasteiger charge is -2.22. The fraction of sp³-hybridized carbons (Fsp3) is 0.429. The van der Waals surface area contributed by atoms with Crippen LogP contribution in [0.4, 0.5) is 0 Å². The molecular formula is C14H19ClN2S. The predicted octanol–water partition coefficient (Wildman–Crippen LogP) is 4.05. The lowest BCUT2D eigenvalue weighted by atomic mass is 10.1. The molecule has 0 bridgehead atoms. The van der Waals surface area contributed by atoms with Crippen molar-refractivity contribution in [3.05, 3.63) is 35.0 Å². The van der Waals surface area contributed by atoms with Gasteiger partial charge in [0.1, 0.15) is 0 Å². The van der Waals surface area contributed by atoms with Gasteiger partial charge in [-0.15, -0.1) is 0 Å². The van der Waals surface area contributed by atoms with Crippen molar-refractivity contribution in [1.29, 1.82) is 0 Å². The summed E-state index contributed by atoms with van der Waals surface area (Å²) in [4.78, 5) is 3.26. The van der Waals surface area contributed by atoms with E-state index in [0.29, 0.717) is 0 Å². The number of aromatic amines is 1. The van der Waals surface area contributed by atoms with Gasteiger partial charge in [-0.2, -0.15) is 11.8 Å². The minimum atomic E-state index is 0.273. The molecular weight excluding hydrogens is 264 g/mol. The number of rotatable bonds is 5. The van der Waals surface area contributed by atoms with Crippen molar-refractivity contribution in [3.8, 4) is 0 Å². The minimum absolute atomic E-state index is 0.273. The molecule has 2 N–H and O–H groups in total. The molecule has 0 saturated heterocycles. The third kappa shape index (κ3) is 3.22. The standard InChI is InChI=1S/C14H19ClN2S/c1-14(2,18-3)9-16-7-10-8-17-13-6-11(15)4-5-12(10)13/h4-6,8,16-17H,7,9H2,1-3H3. The maximum absolute atomic E-state index is 5.97. The number of aromatic nitrogens is 1. The molecule has 0 atom stereocenters. The molecule has 1 aromatic heterocycles. The molecule has 18 heavy (non-hydrogen) atoms. The van der Waals surface area contributed by atoms with Gasteiger partial charge in [-0.3, -0.25) is 0 Å². The molecule has 0 fully saturated rings. The third-order valence-electron chi connectivity index (χ3n) is 3.15. The van der Waals surface area contributed by atoms with Crippen molar-refractivity contribution >= 4 is 34.3 Å². The van der Waals surface area contributed by atoms with Gasteiger partial charge < -0.3 is 10.3 Å². The highest BCUT2D eigenvalue weighted by Crippen LogP contribution is 2.23. The third-order valence-corrected chi connectivity index (χ3v) is 4.63. The van der Waals surface area contributed by atoms with Gasteiger partial charge in [-0.1, -0.05) is 17.7 Å². The summed E-state index contributed by atoms with van der Waals surface area (Å²) in [6.07, 6.45) is 4.20. The molecule has 0 spiro atoms. The van der Waals surface area contributed by atoms with Crippen LogP contribution in [0.5, 0.6) is 0 Å². The summed E-state index contributed by atoms with van der Waals surface area (Å²) in [5, 5.41) is 5.53. The molecule has 0 aliphatic rings. The summed E-state index contributed by atoms with van der Waals surface area (Å²) in [5.74, 6) is 0. The molecule has 0 unspecified atom stereocenters. The Balaban J connectivity index is 2.04. The molecule has 2 nitrogen and oxygen atoms in total. The van der Waals surface area contributed by atoms with E-state index in [4.69, 9.17) is 11.6 Å². The Morgan fingerprint density at radius 2 is 2.17 bits per heavy atom. The van der Waals surface area contributed by atoms with E-state index < -0.39 is 0 Å². The van der Waals surface area contributed by atoms with E-state index in [-0.39, 0.29) is 4.75 Å². The number of H-pyrrole nitrogens is 1. The van der Waals surface area contributed by atoms with Gasteiger partial charge in [0.2, 0.25) is 0 Å². The first kappa shape index (κ1) is 13.8. The Morgan fingerprint density at radius 1 is 1.39 bits per heavy atom. The predicted molar refractivity (Wildman–Crippen MR) is 82.6 cm³/mol. The highest BCUT2D eigenvalue weighted by molar-refractivity contribution is 7.99. The largest absolute Gasteiger partial charge is 0.361 e. The first-order chi connectivity index (χ1) is 8.52. The van der Waals surface area contributed by atoms with Crippen molar-refractivity contribution in [2.24, 2.45) is 0 Å². The maximum Gasteiger partial charge on any atom is 0.0472 e. The van der Waals surface area contributed by atoms with Crippen molar-refractivity contribution in [1.82, 2.24) is 10.3 Å². The van der Waals surface area contributed by atoms with E-state index in [1.807, 2.05) is 23.9 Å². The highest BCUT2D eigenvalue weighted by Gasteiger charge is 2.15. The summed E-state index contributed by atoms with van der Waals surface area (Å²) in [6.45, 7) is 6.37. The quantitative estimate of drug-likeness (QED) is 0.866. The van der Waals surface area contributed by atoms with Crippen LogP contribution in [0.3, 0.4) is 0 Å². The molecule has 98 valence electrons. The fourth-order valence-corrected chi connectivity index (χ4v) is 2.29. The molecule has 4 heteroatoms. The van der Waals surface area contributed by atoms with E-state index >= 15 is 0 Å². The van der Waals surface area contributed by atoms with Crippen LogP contribution >= 0.6 is 23.4 Å². The number of benzene rings is 1. The summed E-state index contributed by atoms with van der Waals surface area (Å²) in [6, 6.07) is 5.98. The SMILES string of the molecule is CSC(C)(C)CNCc1c[nH]c2cc(Cl)ccc12. The Morgan fingerprint density at radius 3 is 2.89 bits per heavy atom. The van der Waals surface area contributed by atoms with Crippen LogP contribution in [-0.2, 0) is 6.54 Å². The number of halogens is 1. The van der Waals surface area contributed by atoms with Crippen LogP contribution in [0.15, 0.2) is 24.4 Å². The van der Waals surface area contributed by atoms with Crippen molar-refractivity contribution < 1.29 is 0 Å². The van der Waals surface area contributed by atoms with E-state index in [9.17, 15) is 0 Å². The molecule has 0 radical (unpaired) electrons. The monoisotopic (exact) mass is 282 g/mol. The van der Waals surface area contributed by atoms with E-state index in [0.717, 1.165) is 23.6 Å². The number of thioether (sulfide) groups is 1. The normalized spacial score (nSPS) is 12.2. The maximum atomic E-state index is 5.97. The molecule has 0 amide bonds. The second-order valence-corrected chi connectivity index (χ2v) is 7.02. The fourth-order valence-electron chi connectivity index (χ4n) is 1.88. The molecule has 0 aliphatic carbocycles. The average Bonchev–Trinajstić information content (AvgIpc) is 2.71. The first-order valence-electron chi connectivity index (χ1n) is 6.03. The smallest absolute Gasteiger partial charge is 0.0472 e. The summed E-state index contributed by atoms with van der Waals surface area (Å²) >= 11 is 7.85. The Labute approximate surface area is 117 Å². The number of hydrogen-bond donors (Lipinski definition) is 2. The van der Waals surface area contributed by atoms with Gasteiger partial charge in [0.15, 0.2) is 0 Å². The molecule has 2 rings (SSSR count). The Kier molecular flexibility index (Phi) is 4.25. The van der Waals surface area contributed by atoms with Crippen LogP contribution in [0, 0.1) is 0 Å². The van der Waals surface area contributed by atoms with Crippen molar-refractivity contribution in [3.63, 3.8) is 0 Å². The zero-order valence-corrected chi connectivity index (χ0v) is 12.6. The topological polar surface area (TPSA) is 27.8 Å². The number of nitrogens with one attached hydrogen (secondary N) is 2. The van der Waals surface area contributed by atoms with Gasteiger partial charge in [0, 0.05) is 40.0 Å². The second kappa shape index (κ2) is 5.55. The summed E-state index contributed by atoms with van der Waals surface area (Å²) in [5.41, 5.74) is 2.39. The molecule has 0 aliphatic heterocycles. The van der Waals surface area contributed by atoms with Gasteiger partial charge in [0.05, 0.1) is 0 Å². The zero-order valence-electron chi connectivity index (χ0n) is 11.0. The van der Waals surface area contributed by atoms with Crippen molar-refractivity contribution in [2.45, 2.75) is 25.1 Å². The van der Waals surface area contributed by atoms with Gasteiger partial charge in [-0.25, -0.2) is 0 Å². The van der Waals surface area contributed by atoms with Crippen LogP contribution in [0.2, 0.25) is 5.02 Å². The Bertz CT molecular complexity index is 534. The van der Waals surface area contributed by atoms with E-state index in [1.165, 1.54) is 10.9 Å². The lowest BCUT2D eigenvalue weighted by molar-refractivity contribution is 0.592. The molecule has 1 aromatic carbocycles. The average molecular weight is 283 g/mol. The van der Waals surface area contributed by atoms with Crippen LogP contribution < -0.4 is 5.32 Å². The van der Waals surface area contributed by atoms with Crippen LogP contribution in [0.1, 0.15) is 19.4 Å². The lowest BCUT2D eigenvalue weighted by Crippen LogP contribution is -2.31. The highest BCUT2D eigenvalue weighted by atomic mass is 35.5. The van der Waals surface area contributed by atoms with Crippen LogP contribution in [0.25, 0.3) is 10.9 Å². The first-order valence-corrected chi connectivity index (χ1v) is 7.63. The number of hydrogen-bond acceptors (Lipinski definition) is 2. The molecule has 2 aromatic rings. The zero-order chi connectivity index (χ0) is 13.2. The number of fused-ring (bicyclic) bond motifs is 1. The summed E-state index contributed by atoms with van der Waals surface area (Å²) < 4.78 is 0.273. The van der Waals surface area contributed by atoms with Crippen molar-refractivity contribution in [2.75, 3.05) is 12.8 Å². The summed E-state index contributed by atoms with van der Waals surface area (Å²) in [7, 11) is 0. The van der Waals surface area contributed by atoms with Gasteiger partial charge in [0.25, 0.3) is 0 Å². The van der Waals surface area contributed by atoms with Crippen LogP contribution in [-0.4, -0.2) is 22.5 Å². The second-order valence-electron chi connectivity index (χ2n) is 5.07. The Hall–Kier alpha value is -0.640. The molecule has 1 heterocycles. The minimum Gasteiger partial charge on any atom is -0.361 e. The van der Waals surface area contributed by atoms with Gasteiger partial charge >= 0.3 is 0 Å². The van der Waals surface area contributed by atoms with E-state index in [2.05, 4.69) is 42.7 Å². The molecule has 0 saturated carbocycles. The van der Waals surface area contributed by atoms with Gasteiger partial charge in [-0.05, 0) is 37.8 Å². The van der Waals surface area contributed by atoms with E-state index in [1.54, 1.807) is 0 Å².